The molecule has 616 valence electrons. The summed E-state index contributed by atoms with van der Waals surface area (Å²) in [5, 5.41) is 5.60. The predicted molar refractivity (Wildman–Crippen MR) is 436 cm³/mol. The van der Waals surface area contributed by atoms with Gasteiger partial charge in [0, 0.05) is 222 Å². The van der Waals surface area contributed by atoms with Crippen LogP contribution in [0.25, 0.3) is 0 Å². The lowest BCUT2D eigenvalue weighted by molar-refractivity contribution is -0.107. The van der Waals surface area contributed by atoms with Gasteiger partial charge in [-0.05, 0) is 34.6 Å². The summed E-state index contributed by atoms with van der Waals surface area (Å²) in [7, 11) is 0. The zero-order valence-corrected chi connectivity index (χ0v) is 69.9. The minimum absolute atomic E-state index is 0. The minimum Gasteiger partial charge on any atom is -0.450 e. The van der Waals surface area contributed by atoms with Crippen LogP contribution in [-0.2, 0) is 61.6 Å². The Morgan fingerprint density at radius 1 is 0.330 bits per heavy atom. The summed E-state index contributed by atoms with van der Waals surface area (Å²) in [5.41, 5.74) is -0.896. The molecule has 8 unspecified atom stereocenters. The number of thioether (sulfide) groups is 4. The van der Waals surface area contributed by atoms with Crippen LogP contribution in [0, 0.1) is 10.8 Å². The summed E-state index contributed by atoms with van der Waals surface area (Å²) in [5.74, 6) is 4.97. The van der Waals surface area contributed by atoms with Crippen LogP contribution in [0.15, 0.2) is 0 Å². The second kappa shape index (κ2) is 52.9. The zero-order chi connectivity index (χ0) is 75.1. The number of carbonyl (C=O) groups is 5. The van der Waals surface area contributed by atoms with Gasteiger partial charge < -0.3 is 91.4 Å². The number of hydrogen-bond donors (Lipinski definition) is 5. The maximum atomic E-state index is 12.3. The van der Waals surface area contributed by atoms with Gasteiger partial charge in [-0.3, -0.25) is 19.6 Å². The molecule has 1 N–H and O–H groups in total. The van der Waals surface area contributed by atoms with Gasteiger partial charge in [0.2, 0.25) is 0 Å². The predicted octanol–water partition coefficient (Wildman–Crippen LogP) is 5.51. The number of rotatable bonds is 45. The van der Waals surface area contributed by atoms with Crippen molar-refractivity contribution in [2.24, 2.45) is 10.8 Å². The Bertz CT molecular complexity index is 2130. The van der Waals surface area contributed by atoms with E-state index in [2.05, 4.69) is 24.9 Å². The number of carbonyl (C=O) groups excluding carboxylic acids is 5. The molecule has 0 saturated carbocycles. The van der Waals surface area contributed by atoms with Crippen molar-refractivity contribution in [3.63, 3.8) is 0 Å². The topological polar surface area (TPSA) is 247 Å². The molecule has 28 nitrogen and oxygen atoms in total. The van der Waals surface area contributed by atoms with Crippen molar-refractivity contribution in [3.8, 4) is 0 Å². The number of thiol groups is 4. The number of nitrogens with zero attached hydrogens (tertiary/aromatic N) is 9. The van der Waals surface area contributed by atoms with Gasteiger partial charge in [0.1, 0.15) is 0 Å². The summed E-state index contributed by atoms with van der Waals surface area (Å²) >= 11 is 27.7. The van der Waals surface area contributed by atoms with Gasteiger partial charge in [-0.2, -0.15) is 97.6 Å². The Kier molecular flexibility index (Phi) is 46.7. The number of hydrogen-bond acceptors (Lipinski definition) is 31. The molecule has 9 aliphatic rings. The number of piperazine rings is 5. The molecular weight excluding hydrogens is 1530 g/mol. The normalized spacial score (nSPS) is 23.5. The quantitative estimate of drug-likeness (QED) is 0.0286. The van der Waals surface area contributed by atoms with E-state index >= 15 is 0 Å². The second-order valence-electron chi connectivity index (χ2n) is 27.9. The van der Waals surface area contributed by atoms with E-state index in [-0.39, 0.29) is 90.7 Å². The van der Waals surface area contributed by atoms with Gasteiger partial charge in [0.05, 0.1) is 150 Å². The van der Waals surface area contributed by atoms with E-state index < -0.39 is 5.41 Å². The fourth-order valence-electron chi connectivity index (χ4n) is 12.2. The molecule has 0 bridgehead atoms. The monoisotopic (exact) mass is 1650 g/mol. The van der Waals surface area contributed by atoms with Crippen LogP contribution in [0.1, 0.15) is 42.0 Å². The van der Waals surface area contributed by atoms with Crippen LogP contribution in [-0.4, -0.2) is 435 Å². The first-order chi connectivity index (χ1) is 50.9. The lowest BCUT2D eigenvalue weighted by atomic mass is 9.92. The van der Waals surface area contributed by atoms with Gasteiger partial charge >= 0.3 is 30.5 Å². The lowest BCUT2D eigenvalue weighted by Gasteiger charge is -2.37. The van der Waals surface area contributed by atoms with E-state index in [0.717, 1.165) is 105 Å². The molecule has 9 fully saturated rings. The molecule has 0 aromatic rings. The summed E-state index contributed by atoms with van der Waals surface area (Å²) in [4.78, 5) is 78.0. The third kappa shape index (κ3) is 38.6. The highest BCUT2D eigenvalue weighted by molar-refractivity contribution is 8.07. The van der Waals surface area contributed by atoms with Crippen molar-refractivity contribution in [2.75, 3.05) is 319 Å². The Morgan fingerprint density at radius 3 is 0.708 bits per heavy atom. The van der Waals surface area contributed by atoms with Gasteiger partial charge in [0.15, 0.2) is 0 Å². The SMILES string of the molecule is C.C(OCC(COCC1CS1)(COCC1CS1)COCC1CS1)C1CS1.CCOC(=O)N1CCN(CC(S)COCC(COCC(S)CN2CCN(C(=O)OCC)CC2)(COCC(S)CN2CCN(C(=O)OCC)CC2)COCC(S)CN2CCN(C(=O)OCC)CC2)CC1.CCOC(=O)N1CCNCC1. The van der Waals surface area contributed by atoms with E-state index in [1.54, 1.807) is 24.5 Å². The van der Waals surface area contributed by atoms with Crippen LogP contribution in [0.4, 0.5) is 24.0 Å². The fourth-order valence-corrected chi connectivity index (χ4v) is 15.3. The summed E-state index contributed by atoms with van der Waals surface area (Å²) in [6.45, 7) is 36.2. The third-order valence-corrected chi connectivity index (χ3v) is 23.5. The molecule has 106 heavy (non-hydrogen) atoms. The third-order valence-electron chi connectivity index (χ3n) is 18.4. The Morgan fingerprint density at radius 2 is 0.519 bits per heavy atom. The van der Waals surface area contributed by atoms with E-state index in [1.807, 2.05) is 81.7 Å². The van der Waals surface area contributed by atoms with Crippen molar-refractivity contribution in [1.29, 1.82) is 0 Å². The van der Waals surface area contributed by atoms with Gasteiger partial charge in [0.25, 0.3) is 0 Å². The lowest BCUT2D eigenvalue weighted by Crippen LogP contribution is -2.51. The van der Waals surface area contributed by atoms with Crippen LogP contribution in [0.3, 0.4) is 0 Å². The van der Waals surface area contributed by atoms with Crippen molar-refractivity contribution in [3.05, 3.63) is 0 Å². The first-order valence-electron chi connectivity index (χ1n) is 37.9. The molecule has 9 aliphatic heterocycles. The first-order valence-corrected chi connectivity index (χ1v) is 44.2. The van der Waals surface area contributed by atoms with E-state index in [0.29, 0.717) is 185 Å². The summed E-state index contributed by atoms with van der Waals surface area (Å²) in [6.07, 6.45) is -1.30. The van der Waals surface area contributed by atoms with Gasteiger partial charge in [-0.15, -0.1) is 0 Å². The molecule has 9 saturated heterocycles. The highest BCUT2D eigenvalue weighted by Crippen LogP contribution is 2.35. The molecule has 0 spiro atoms. The highest BCUT2D eigenvalue weighted by atomic mass is 32.2. The Labute approximate surface area is 672 Å². The van der Waals surface area contributed by atoms with Crippen molar-refractivity contribution >= 4 is 128 Å². The standard InChI is InChI=1S/C45H84N8O12S4.C17H28O4S4.C7H14N2O2.CH4/c1-5-62-41(54)50-17-9-46(10-18-50)25-37(66)29-58-33-45(34-59-30-38(67)26-47-11-19-51(20-12-47)42(55)63-6-2,35-60-31-39(68)27-48-13-21-52(22-14-48)43(56)64-7-3)36-61-32-40(69)28-49-15-23-53(24-16-49)44(57)65-8-4;1(13-5-22-13)18-9-17(10-19-2-14-6-23-14,11-20-3-15-7-24-15)12-21-4-16-8-25-16;1-2-11-7(10)9-5-3-8-4-6-9;/h37-40,66-69H,5-36H2,1-4H3;13-16H,1-12H2;8H,2-6H2,1H3;1H4. The Hall–Kier alpha value is -1.37. The molecule has 0 aromatic heterocycles. The van der Waals surface area contributed by atoms with Gasteiger partial charge in [-0.1, -0.05) is 7.43 Å². The molecule has 8 atom stereocenters. The van der Waals surface area contributed by atoms with Crippen LogP contribution in [0.2, 0.25) is 0 Å². The number of ether oxygens (including phenoxy) is 13. The molecular formula is C70H130N10O18S8. The van der Waals surface area contributed by atoms with Crippen molar-refractivity contribution < 1.29 is 85.6 Å². The van der Waals surface area contributed by atoms with Crippen molar-refractivity contribution in [2.45, 2.75) is 84.0 Å². The van der Waals surface area contributed by atoms with Crippen LogP contribution < -0.4 is 5.32 Å². The van der Waals surface area contributed by atoms with E-state index in [1.165, 1.54) is 23.0 Å². The van der Waals surface area contributed by atoms with E-state index in [4.69, 9.17) is 112 Å². The fraction of sp³-hybridized carbons (Fsp3) is 0.929. The molecule has 9 heterocycles. The average Bonchev–Trinajstić information content (AvgIpc) is 1.79. The first kappa shape index (κ1) is 93.5. The summed E-state index contributed by atoms with van der Waals surface area (Å²) in [6, 6.07) is 0. The molecule has 0 aliphatic carbocycles. The molecule has 0 radical (unpaired) electrons. The minimum atomic E-state index is -0.727. The molecule has 0 aromatic carbocycles. The van der Waals surface area contributed by atoms with Crippen molar-refractivity contribution in [1.82, 2.24) is 49.4 Å². The average molecular weight is 1660 g/mol. The maximum absolute atomic E-state index is 12.3. The number of amides is 5. The Balaban J connectivity index is 0.000000382. The molecule has 5 amide bonds. The second-order valence-corrected chi connectivity index (χ2v) is 36.2. The largest absolute Gasteiger partial charge is 0.450 e. The maximum Gasteiger partial charge on any atom is 0.409 e. The summed E-state index contributed by atoms with van der Waals surface area (Å²) < 4.78 is 76.0. The van der Waals surface area contributed by atoms with Crippen LogP contribution in [0.5, 0.6) is 0 Å². The smallest absolute Gasteiger partial charge is 0.409 e. The molecule has 36 heteroatoms. The highest BCUT2D eigenvalue weighted by Gasteiger charge is 2.39. The van der Waals surface area contributed by atoms with Crippen LogP contribution >= 0.6 is 97.6 Å². The number of nitrogens with one attached hydrogen (secondary N) is 1. The molecule has 9 rings (SSSR count). The van der Waals surface area contributed by atoms with E-state index in [9.17, 15) is 24.0 Å². The zero-order valence-electron chi connectivity index (χ0n) is 63.1. The van der Waals surface area contributed by atoms with Gasteiger partial charge in [-0.25, -0.2) is 24.0 Å².